The molecule has 35 heavy (non-hydrogen) atoms. The fourth-order valence-corrected chi connectivity index (χ4v) is 5.02. The summed E-state index contributed by atoms with van der Waals surface area (Å²) in [6, 6.07) is 9.65. The number of nitrogens with zero attached hydrogens (tertiary/aromatic N) is 5. The summed E-state index contributed by atoms with van der Waals surface area (Å²) in [5, 5.41) is 8.13. The molecule has 0 radical (unpaired) electrons. The highest BCUT2D eigenvalue weighted by atomic mass is 16.6. The van der Waals surface area contributed by atoms with E-state index in [2.05, 4.69) is 33.3 Å². The summed E-state index contributed by atoms with van der Waals surface area (Å²) in [6.07, 6.45) is 3.47. The number of aromatic nitrogens is 3. The van der Waals surface area contributed by atoms with Gasteiger partial charge in [0.25, 0.3) is 0 Å². The van der Waals surface area contributed by atoms with Crippen LogP contribution in [0.5, 0.6) is 0 Å². The SMILES string of the molecule is Cc1c([C@@H]2CN(Cc3cnn(-c4cccc(N5CCOC5=O)n4)c3)CCN2)ccc2c1COC2=O. The van der Waals surface area contributed by atoms with E-state index in [-0.39, 0.29) is 18.1 Å². The summed E-state index contributed by atoms with van der Waals surface area (Å²) in [6.45, 7) is 6.72. The van der Waals surface area contributed by atoms with E-state index in [1.807, 2.05) is 30.6 Å². The van der Waals surface area contributed by atoms with E-state index in [9.17, 15) is 9.59 Å². The molecule has 3 aliphatic heterocycles. The number of rotatable bonds is 5. The van der Waals surface area contributed by atoms with Crippen molar-refractivity contribution in [2.45, 2.75) is 26.1 Å². The molecule has 2 saturated heterocycles. The van der Waals surface area contributed by atoms with Gasteiger partial charge in [-0.1, -0.05) is 12.1 Å². The van der Waals surface area contributed by atoms with E-state index in [1.165, 1.54) is 10.5 Å². The minimum Gasteiger partial charge on any atom is -0.457 e. The van der Waals surface area contributed by atoms with Crippen LogP contribution in [-0.4, -0.2) is 64.5 Å². The standard InChI is InChI=1S/C25H26N6O4/c1-16-18(5-6-19-20(16)15-35-24(19)32)21-14-29(8-7-26-21)12-17-11-27-31(13-17)23-4-2-3-22(28-23)30-9-10-34-25(30)33/h2-6,11,13,21,26H,7-10,12,14-15H2,1H3/t21-/m0/s1. The van der Waals surface area contributed by atoms with Crippen LogP contribution in [0.25, 0.3) is 5.82 Å². The maximum absolute atomic E-state index is 11.9. The molecule has 0 aliphatic carbocycles. The maximum atomic E-state index is 11.9. The fraction of sp³-hybridized carbons (Fsp3) is 0.360. The van der Waals surface area contributed by atoms with Crippen LogP contribution in [0, 0.1) is 6.92 Å². The molecule has 1 atom stereocenters. The molecule has 0 unspecified atom stereocenters. The number of amides is 1. The molecular formula is C25H26N6O4. The average Bonchev–Trinajstić information content (AvgIpc) is 3.61. The van der Waals surface area contributed by atoms with Crippen molar-refractivity contribution in [1.29, 1.82) is 0 Å². The summed E-state index contributed by atoms with van der Waals surface area (Å²) in [4.78, 5) is 32.3. The Bertz CT molecular complexity index is 1300. The number of piperazine rings is 1. The lowest BCUT2D eigenvalue weighted by molar-refractivity contribution is 0.0535. The lowest BCUT2D eigenvalue weighted by Crippen LogP contribution is -2.45. The molecule has 6 rings (SSSR count). The van der Waals surface area contributed by atoms with Gasteiger partial charge in [-0.2, -0.15) is 5.10 Å². The van der Waals surface area contributed by atoms with Gasteiger partial charge in [0, 0.05) is 49.5 Å². The van der Waals surface area contributed by atoms with Crippen molar-refractivity contribution in [2.75, 3.05) is 37.7 Å². The number of pyridine rings is 1. The van der Waals surface area contributed by atoms with E-state index < -0.39 is 0 Å². The Morgan fingerprint density at radius 1 is 1.11 bits per heavy atom. The first-order valence-electron chi connectivity index (χ1n) is 11.8. The monoisotopic (exact) mass is 474 g/mol. The second kappa shape index (κ2) is 8.79. The van der Waals surface area contributed by atoms with Crippen molar-refractivity contribution < 1.29 is 19.1 Å². The number of carbonyl (C=O) groups excluding carboxylic acids is 2. The topological polar surface area (TPSA) is 102 Å². The van der Waals surface area contributed by atoms with Crippen LogP contribution < -0.4 is 10.2 Å². The van der Waals surface area contributed by atoms with Crippen LogP contribution >= 0.6 is 0 Å². The van der Waals surface area contributed by atoms with Crippen LogP contribution in [0.1, 0.15) is 38.7 Å². The van der Waals surface area contributed by atoms with Gasteiger partial charge in [0.2, 0.25) is 0 Å². The molecule has 5 heterocycles. The van der Waals surface area contributed by atoms with Crippen molar-refractivity contribution in [3.05, 3.63) is 70.5 Å². The third-order valence-electron chi connectivity index (χ3n) is 6.88. The Labute approximate surface area is 202 Å². The van der Waals surface area contributed by atoms with Crippen molar-refractivity contribution in [1.82, 2.24) is 25.0 Å². The second-order valence-electron chi connectivity index (χ2n) is 9.04. The summed E-state index contributed by atoms with van der Waals surface area (Å²) in [5.74, 6) is 0.978. The average molecular weight is 475 g/mol. The van der Waals surface area contributed by atoms with Crippen LogP contribution in [-0.2, 0) is 22.6 Å². The number of cyclic esters (lactones) is 2. The number of anilines is 1. The van der Waals surface area contributed by atoms with Crippen molar-refractivity contribution in [2.24, 2.45) is 0 Å². The highest BCUT2D eigenvalue weighted by Gasteiger charge is 2.28. The van der Waals surface area contributed by atoms with Gasteiger partial charge in [-0.25, -0.2) is 19.3 Å². The van der Waals surface area contributed by atoms with Gasteiger partial charge in [-0.3, -0.25) is 9.80 Å². The molecule has 180 valence electrons. The normalized spacial score (nSPS) is 20.1. The first-order valence-corrected chi connectivity index (χ1v) is 11.8. The molecule has 3 aliphatic rings. The maximum Gasteiger partial charge on any atom is 0.415 e. The largest absolute Gasteiger partial charge is 0.457 e. The molecule has 0 saturated carbocycles. The molecule has 0 bridgehead atoms. The Kier molecular flexibility index (Phi) is 5.46. The Balaban J connectivity index is 1.16. The molecule has 1 aromatic carbocycles. The van der Waals surface area contributed by atoms with E-state index >= 15 is 0 Å². The second-order valence-corrected chi connectivity index (χ2v) is 9.04. The highest BCUT2D eigenvalue weighted by molar-refractivity contribution is 5.94. The van der Waals surface area contributed by atoms with E-state index in [0.717, 1.165) is 42.9 Å². The molecule has 1 N–H and O–H groups in total. The van der Waals surface area contributed by atoms with Gasteiger partial charge in [-0.15, -0.1) is 0 Å². The molecule has 2 fully saturated rings. The fourth-order valence-electron chi connectivity index (χ4n) is 5.02. The third-order valence-corrected chi connectivity index (χ3v) is 6.88. The number of carbonyl (C=O) groups is 2. The van der Waals surface area contributed by atoms with Gasteiger partial charge < -0.3 is 14.8 Å². The Hall–Kier alpha value is -3.76. The Morgan fingerprint density at radius 3 is 2.86 bits per heavy atom. The number of nitrogens with one attached hydrogen (secondary N) is 1. The predicted molar refractivity (Wildman–Crippen MR) is 126 cm³/mol. The van der Waals surface area contributed by atoms with Gasteiger partial charge in [-0.05, 0) is 36.2 Å². The molecule has 10 nitrogen and oxygen atoms in total. The molecule has 0 spiro atoms. The van der Waals surface area contributed by atoms with Crippen molar-refractivity contribution >= 4 is 17.9 Å². The number of fused-ring (bicyclic) bond motifs is 1. The predicted octanol–water partition coefficient (Wildman–Crippen LogP) is 2.35. The van der Waals surface area contributed by atoms with Crippen LogP contribution in [0.3, 0.4) is 0 Å². The van der Waals surface area contributed by atoms with Gasteiger partial charge in [0.05, 0.1) is 18.3 Å². The van der Waals surface area contributed by atoms with Gasteiger partial charge in [0.15, 0.2) is 5.82 Å². The molecule has 2 aromatic heterocycles. The molecule has 1 amide bonds. The quantitative estimate of drug-likeness (QED) is 0.563. The number of hydrogen-bond donors (Lipinski definition) is 1. The lowest BCUT2D eigenvalue weighted by atomic mass is 9.93. The minimum atomic E-state index is -0.373. The summed E-state index contributed by atoms with van der Waals surface area (Å²) < 4.78 is 12.0. The zero-order valence-corrected chi connectivity index (χ0v) is 19.4. The smallest absolute Gasteiger partial charge is 0.415 e. The minimum absolute atomic E-state index is 0.179. The Morgan fingerprint density at radius 2 is 2.00 bits per heavy atom. The first-order chi connectivity index (χ1) is 17.1. The molecular weight excluding hydrogens is 448 g/mol. The van der Waals surface area contributed by atoms with Gasteiger partial charge >= 0.3 is 12.1 Å². The highest BCUT2D eigenvalue weighted by Crippen LogP contribution is 2.30. The van der Waals surface area contributed by atoms with Gasteiger partial charge in [0.1, 0.15) is 19.0 Å². The summed E-state index contributed by atoms with van der Waals surface area (Å²) in [7, 11) is 0. The number of hydrogen-bond acceptors (Lipinski definition) is 8. The summed E-state index contributed by atoms with van der Waals surface area (Å²) >= 11 is 0. The number of benzene rings is 1. The molecule has 3 aromatic rings. The van der Waals surface area contributed by atoms with E-state index in [4.69, 9.17) is 9.47 Å². The van der Waals surface area contributed by atoms with E-state index in [1.54, 1.807) is 10.7 Å². The molecule has 10 heteroatoms. The lowest BCUT2D eigenvalue weighted by Gasteiger charge is -2.34. The summed E-state index contributed by atoms with van der Waals surface area (Å²) in [5.41, 5.74) is 5.12. The van der Waals surface area contributed by atoms with Crippen molar-refractivity contribution in [3.8, 4) is 5.82 Å². The van der Waals surface area contributed by atoms with Crippen LogP contribution in [0.2, 0.25) is 0 Å². The van der Waals surface area contributed by atoms with E-state index in [0.29, 0.717) is 37.0 Å². The zero-order chi connectivity index (χ0) is 23.9. The van der Waals surface area contributed by atoms with Crippen LogP contribution in [0.15, 0.2) is 42.7 Å². The first kappa shape index (κ1) is 21.8. The number of ether oxygens (including phenoxy) is 2. The van der Waals surface area contributed by atoms with Crippen molar-refractivity contribution in [3.63, 3.8) is 0 Å². The number of esters is 1. The zero-order valence-electron chi connectivity index (χ0n) is 19.4. The third kappa shape index (κ3) is 4.04. The van der Waals surface area contributed by atoms with Crippen LogP contribution in [0.4, 0.5) is 10.6 Å².